The van der Waals surface area contributed by atoms with Gasteiger partial charge in [-0.15, -0.1) is 0 Å². The predicted molar refractivity (Wildman–Crippen MR) is 72.9 cm³/mol. The quantitative estimate of drug-likeness (QED) is 0.658. The van der Waals surface area contributed by atoms with Gasteiger partial charge in [0.2, 0.25) is 0 Å². The van der Waals surface area contributed by atoms with Crippen LogP contribution in [0.3, 0.4) is 0 Å². The van der Waals surface area contributed by atoms with Crippen molar-refractivity contribution in [3.05, 3.63) is 29.3 Å². The number of hydrogen-bond donors (Lipinski definition) is 1. The lowest BCUT2D eigenvalue weighted by Crippen LogP contribution is -2.43. The number of nitrogens with zero attached hydrogens (tertiary/aromatic N) is 1. The largest absolute Gasteiger partial charge is 0.465 e. The summed E-state index contributed by atoms with van der Waals surface area (Å²) in [4.78, 5) is 14.1. The van der Waals surface area contributed by atoms with Gasteiger partial charge in [-0.2, -0.15) is 0 Å². The number of ether oxygens (including phenoxy) is 2. The van der Waals surface area contributed by atoms with Crippen LogP contribution >= 0.6 is 0 Å². The summed E-state index contributed by atoms with van der Waals surface area (Å²) >= 11 is 0. The summed E-state index contributed by atoms with van der Waals surface area (Å²) in [5, 5.41) is 0. The minimum atomic E-state index is -0.381. The average molecular weight is 264 g/mol. The third-order valence-corrected chi connectivity index (χ3v) is 3.45. The van der Waals surface area contributed by atoms with E-state index in [0.717, 1.165) is 25.3 Å². The first kappa shape index (κ1) is 13.8. The van der Waals surface area contributed by atoms with Crippen molar-refractivity contribution in [3.63, 3.8) is 0 Å². The van der Waals surface area contributed by atoms with E-state index in [0.29, 0.717) is 23.8 Å². The fraction of sp³-hybridized carbons (Fsp3) is 0.500. The molecule has 2 rings (SSSR count). The number of nitrogens with two attached hydrogens (primary N) is 1. The molecule has 1 heterocycles. The SMILES string of the molecule is COC(=O)c1c(N)cccc1CN1CCOCC1C. The molecule has 0 amide bonds. The minimum Gasteiger partial charge on any atom is -0.465 e. The number of morpholine rings is 1. The van der Waals surface area contributed by atoms with Crippen molar-refractivity contribution in [2.45, 2.75) is 19.5 Å². The molecular weight excluding hydrogens is 244 g/mol. The standard InChI is InChI=1S/C14H20N2O3/c1-10-9-19-7-6-16(10)8-11-4-3-5-12(15)13(11)14(17)18-2/h3-5,10H,6-9,15H2,1-2H3. The number of carbonyl (C=O) groups is 1. The van der Waals surface area contributed by atoms with Gasteiger partial charge >= 0.3 is 5.97 Å². The molecule has 0 radical (unpaired) electrons. The Hall–Kier alpha value is -1.59. The zero-order valence-corrected chi connectivity index (χ0v) is 11.4. The van der Waals surface area contributed by atoms with E-state index in [2.05, 4.69) is 11.8 Å². The van der Waals surface area contributed by atoms with Crippen LogP contribution in [0.2, 0.25) is 0 Å². The van der Waals surface area contributed by atoms with Gasteiger partial charge in [0.25, 0.3) is 0 Å². The van der Waals surface area contributed by atoms with Crippen molar-refractivity contribution < 1.29 is 14.3 Å². The number of hydrogen-bond acceptors (Lipinski definition) is 5. The number of nitrogen functional groups attached to an aromatic ring is 1. The van der Waals surface area contributed by atoms with Gasteiger partial charge in [-0.25, -0.2) is 4.79 Å². The van der Waals surface area contributed by atoms with Crippen molar-refractivity contribution in [3.8, 4) is 0 Å². The highest BCUT2D eigenvalue weighted by Gasteiger charge is 2.22. The fourth-order valence-electron chi connectivity index (χ4n) is 2.32. The molecule has 0 spiro atoms. The lowest BCUT2D eigenvalue weighted by atomic mass is 10.0. The van der Waals surface area contributed by atoms with Gasteiger partial charge in [0.05, 0.1) is 25.9 Å². The zero-order valence-electron chi connectivity index (χ0n) is 11.4. The average Bonchev–Trinajstić information content (AvgIpc) is 2.41. The van der Waals surface area contributed by atoms with Gasteiger partial charge in [-0.1, -0.05) is 12.1 Å². The third-order valence-electron chi connectivity index (χ3n) is 3.45. The number of rotatable bonds is 3. The van der Waals surface area contributed by atoms with Gasteiger partial charge in [0.1, 0.15) is 0 Å². The summed E-state index contributed by atoms with van der Waals surface area (Å²) in [6, 6.07) is 5.84. The molecule has 0 aromatic heterocycles. The molecule has 1 aromatic carbocycles. The van der Waals surface area contributed by atoms with Crippen molar-refractivity contribution in [2.75, 3.05) is 32.6 Å². The Bertz CT molecular complexity index is 462. The number of esters is 1. The summed E-state index contributed by atoms with van der Waals surface area (Å²) in [6.45, 7) is 5.09. The molecule has 0 bridgehead atoms. The van der Waals surface area contributed by atoms with Crippen LogP contribution in [0.1, 0.15) is 22.8 Å². The second kappa shape index (κ2) is 6.04. The second-order valence-electron chi connectivity index (χ2n) is 4.77. The number of benzene rings is 1. The Morgan fingerprint density at radius 3 is 3.05 bits per heavy atom. The van der Waals surface area contributed by atoms with Crippen LogP contribution in [0, 0.1) is 0 Å². The normalized spacial score (nSPS) is 20.2. The Labute approximate surface area is 113 Å². The first-order valence-corrected chi connectivity index (χ1v) is 6.41. The third kappa shape index (κ3) is 3.05. The van der Waals surface area contributed by atoms with Crippen molar-refractivity contribution in [1.82, 2.24) is 4.90 Å². The first-order chi connectivity index (χ1) is 9.13. The predicted octanol–water partition coefficient (Wildman–Crippen LogP) is 1.28. The maximum Gasteiger partial charge on any atom is 0.340 e. The Morgan fingerprint density at radius 1 is 1.58 bits per heavy atom. The summed E-state index contributed by atoms with van der Waals surface area (Å²) in [5.41, 5.74) is 7.74. The summed E-state index contributed by atoms with van der Waals surface area (Å²) < 4.78 is 10.2. The molecule has 1 unspecified atom stereocenters. The van der Waals surface area contributed by atoms with E-state index in [1.165, 1.54) is 7.11 Å². The van der Waals surface area contributed by atoms with E-state index >= 15 is 0 Å². The van der Waals surface area contributed by atoms with E-state index in [1.54, 1.807) is 6.07 Å². The van der Waals surface area contributed by atoms with Crippen LogP contribution in [0.5, 0.6) is 0 Å². The van der Waals surface area contributed by atoms with Crippen LogP contribution in [-0.4, -0.2) is 43.8 Å². The second-order valence-corrected chi connectivity index (χ2v) is 4.77. The van der Waals surface area contributed by atoms with Gasteiger partial charge in [-0.05, 0) is 18.6 Å². The van der Waals surface area contributed by atoms with Crippen LogP contribution in [0.4, 0.5) is 5.69 Å². The number of anilines is 1. The van der Waals surface area contributed by atoms with E-state index in [1.807, 2.05) is 12.1 Å². The van der Waals surface area contributed by atoms with Crippen molar-refractivity contribution >= 4 is 11.7 Å². The first-order valence-electron chi connectivity index (χ1n) is 6.41. The molecule has 2 N–H and O–H groups in total. The molecule has 19 heavy (non-hydrogen) atoms. The maximum atomic E-state index is 11.8. The van der Waals surface area contributed by atoms with Crippen molar-refractivity contribution in [1.29, 1.82) is 0 Å². The number of carbonyl (C=O) groups excluding carboxylic acids is 1. The molecule has 1 atom stereocenters. The summed E-state index contributed by atoms with van der Waals surface area (Å²) in [5.74, 6) is -0.381. The van der Waals surface area contributed by atoms with Gasteiger partial charge < -0.3 is 15.2 Å². The highest BCUT2D eigenvalue weighted by Crippen LogP contribution is 2.21. The Kier molecular flexibility index (Phi) is 4.39. The molecule has 5 heteroatoms. The van der Waals surface area contributed by atoms with Gasteiger partial charge in [0.15, 0.2) is 0 Å². The molecule has 104 valence electrons. The zero-order chi connectivity index (χ0) is 13.8. The van der Waals surface area contributed by atoms with E-state index < -0.39 is 0 Å². The highest BCUT2D eigenvalue weighted by molar-refractivity contribution is 5.96. The molecule has 1 aliphatic rings. The maximum absolute atomic E-state index is 11.8. The van der Waals surface area contributed by atoms with Crippen LogP contribution in [0.25, 0.3) is 0 Å². The minimum absolute atomic E-state index is 0.334. The topological polar surface area (TPSA) is 64.8 Å². The molecule has 5 nitrogen and oxygen atoms in total. The Morgan fingerprint density at radius 2 is 2.37 bits per heavy atom. The molecule has 0 saturated carbocycles. The highest BCUT2D eigenvalue weighted by atomic mass is 16.5. The lowest BCUT2D eigenvalue weighted by Gasteiger charge is -2.33. The fourth-order valence-corrected chi connectivity index (χ4v) is 2.32. The smallest absolute Gasteiger partial charge is 0.340 e. The monoisotopic (exact) mass is 264 g/mol. The summed E-state index contributed by atoms with van der Waals surface area (Å²) in [7, 11) is 1.37. The van der Waals surface area contributed by atoms with E-state index in [9.17, 15) is 4.79 Å². The van der Waals surface area contributed by atoms with Gasteiger partial charge in [0, 0.05) is 24.8 Å². The molecule has 1 fully saturated rings. The van der Waals surface area contributed by atoms with Gasteiger partial charge in [-0.3, -0.25) is 4.90 Å². The lowest BCUT2D eigenvalue weighted by molar-refractivity contribution is -0.00453. The van der Waals surface area contributed by atoms with Crippen molar-refractivity contribution in [2.24, 2.45) is 0 Å². The molecule has 1 saturated heterocycles. The molecule has 1 aliphatic heterocycles. The van der Waals surface area contributed by atoms with Crippen LogP contribution < -0.4 is 5.73 Å². The van der Waals surface area contributed by atoms with Crippen LogP contribution in [-0.2, 0) is 16.0 Å². The molecule has 0 aliphatic carbocycles. The van der Waals surface area contributed by atoms with E-state index in [4.69, 9.17) is 15.2 Å². The molecular formula is C14H20N2O3. The Balaban J connectivity index is 2.24. The number of methoxy groups -OCH3 is 1. The van der Waals surface area contributed by atoms with E-state index in [-0.39, 0.29) is 5.97 Å². The summed E-state index contributed by atoms with van der Waals surface area (Å²) in [6.07, 6.45) is 0. The van der Waals surface area contributed by atoms with Crippen LogP contribution in [0.15, 0.2) is 18.2 Å². The molecule has 1 aromatic rings.